The summed E-state index contributed by atoms with van der Waals surface area (Å²) in [7, 11) is 0. The Bertz CT molecular complexity index is 1090. The number of H-pyrrole nitrogens is 1. The van der Waals surface area contributed by atoms with Crippen molar-refractivity contribution in [2.75, 3.05) is 5.32 Å². The molecule has 0 aliphatic heterocycles. The maximum absolute atomic E-state index is 12.4. The fourth-order valence-corrected chi connectivity index (χ4v) is 3.23. The Morgan fingerprint density at radius 2 is 2.04 bits per heavy atom. The van der Waals surface area contributed by atoms with E-state index in [1.807, 2.05) is 10.7 Å². The number of benzene rings is 1. The first-order chi connectivity index (χ1) is 12.7. The van der Waals surface area contributed by atoms with Gasteiger partial charge in [-0.3, -0.25) is 9.48 Å². The van der Waals surface area contributed by atoms with Gasteiger partial charge in [-0.15, -0.1) is 0 Å². The minimum absolute atomic E-state index is 0.0270. The SMILES string of the molecule is N#CCC(C1CC1)n1nc(Nc2ccc(C#N)cc2)c2c(=O)[nH]ccc21. The quantitative estimate of drug-likeness (QED) is 0.738. The van der Waals surface area contributed by atoms with Crippen molar-refractivity contribution < 1.29 is 0 Å². The zero-order valence-electron chi connectivity index (χ0n) is 13.9. The summed E-state index contributed by atoms with van der Waals surface area (Å²) in [6, 6.07) is 13.1. The highest BCUT2D eigenvalue weighted by Gasteiger charge is 2.34. The number of nitrogens with zero attached hydrogens (tertiary/aromatic N) is 4. The molecule has 1 fully saturated rings. The van der Waals surface area contributed by atoms with E-state index >= 15 is 0 Å². The number of hydrogen-bond donors (Lipinski definition) is 2. The number of pyridine rings is 1. The molecule has 1 aliphatic carbocycles. The summed E-state index contributed by atoms with van der Waals surface area (Å²) in [6.45, 7) is 0. The smallest absolute Gasteiger partial charge is 0.261 e. The van der Waals surface area contributed by atoms with E-state index in [1.54, 1.807) is 30.5 Å². The second-order valence-corrected chi connectivity index (χ2v) is 6.44. The zero-order chi connectivity index (χ0) is 18.1. The van der Waals surface area contributed by atoms with E-state index in [0.29, 0.717) is 29.1 Å². The molecule has 1 atom stereocenters. The van der Waals surface area contributed by atoms with E-state index in [-0.39, 0.29) is 11.6 Å². The van der Waals surface area contributed by atoms with Crippen molar-refractivity contribution in [2.24, 2.45) is 5.92 Å². The first-order valence-electron chi connectivity index (χ1n) is 8.45. The predicted octanol–water partition coefficient (Wildman–Crippen LogP) is 3.20. The molecule has 7 nitrogen and oxygen atoms in total. The summed E-state index contributed by atoms with van der Waals surface area (Å²) in [4.78, 5) is 15.1. The third kappa shape index (κ3) is 2.80. The fourth-order valence-electron chi connectivity index (χ4n) is 3.23. The van der Waals surface area contributed by atoms with Crippen molar-refractivity contribution in [3.8, 4) is 12.1 Å². The summed E-state index contributed by atoms with van der Waals surface area (Å²) in [5.41, 5.74) is 1.79. The Morgan fingerprint density at radius 1 is 1.27 bits per heavy atom. The normalized spacial score (nSPS) is 14.5. The number of fused-ring (bicyclic) bond motifs is 1. The lowest BCUT2D eigenvalue weighted by atomic mass is 10.1. The van der Waals surface area contributed by atoms with E-state index < -0.39 is 0 Å². The van der Waals surface area contributed by atoms with Crippen LogP contribution in [0.4, 0.5) is 11.5 Å². The number of nitrogens with one attached hydrogen (secondary N) is 2. The maximum Gasteiger partial charge on any atom is 0.261 e. The molecule has 0 saturated heterocycles. The standard InChI is InChI=1S/C19H16N6O/c20-9-7-15(13-3-4-13)25-16-8-10-22-19(26)17(16)18(24-25)23-14-5-1-12(11-21)2-6-14/h1-2,5-6,8,10,13,15H,3-4,7H2,(H,22,26)(H,23,24). The van der Waals surface area contributed by atoms with Crippen molar-refractivity contribution in [2.45, 2.75) is 25.3 Å². The highest BCUT2D eigenvalue weighted by atomic mass is 16.1. The second kappa shape index (κ2) is 6.38. The number of rotatable bonds is 5. The molecule has 128 valence electrons. The molecule has 26 heavy (non-hydrogen) atoms. The molecule has 0 bridgehead atoms. The van der Waals surface area contributed by atoms with Crippen LogP contribution in [0.1, 0.15) is 30.9 Å². The van der Waals surface area contributed by atoms with Crippen LogP contribution in [0.5, 0.6) is 0 Å². The molecule has 0 radical (unpaired) electrons. The molecule has 3 aromatic rings. The van der Waals surface area contributed by atoms with Crippen molar-refractivity contribution >= 4 is 22.4 Å². The number of aromatic amines is 1. The molecular weight excluding hydrogens is 328 g/mol. The number of aromatic nitrogens is 3. The average molecular weight is 344 g/mol. The Hall–Kier alpha value is -3.58. The monoisotopic (exact) mass is 344 g/mol. The molecule has 1 aromatic carbocycles. The molecule has 4 rings (SSSR count). The van der Waals surface area contributed by atoms with E-state index in [0.717, 1.165) is 24.0 Å². The van der Waals surface area contributed by atoms with Crippen molar-refractivity contribution in [1.82, 2.24) is 14.8 Å². The first-order valence-corrected chi connectivity index (χ1v) is 8.45. The topological polar surface area (TPSA) is 110 Å². The molecule has 2 N–H and O–H groups in total. The summed E-state index contributed by atoms with van der Waals surface area (Å²) in [5.74, 6) is 0.884. The number of nitriles is 2. The maximum atomic E-state index is 12.4. The highest BCUT2D eigenvalue weighted by Crippen LogP contribution is 2.42. The Labute approximate surface area is 149 Å². The van der Waals surface area contributed by atoms with Crippen LogP contribution in [0, 0.1) is 28.6 Å². The van der Waals surface area contributed by atoms with Gasteiger partial charge < -0.3 is 10.3 Å². The van der Waals surface area contributed by atoms with Crippen LogP contribution in [0.3, 0.4) is 0 Å². The van der Waals surface area contributed by atoms with Gasteiger partial charge in [0.05, 0.1) is 35.7 Å². The molecule has 1 unspecified atom stereocenters. The summed E-state index contributed by atoms with van der Waals surface area (Å²) in [5, 5.41) is 26.4. The predicted molar refractivity (Wildman–Crippen MR) is 96.8 cm³/mol. The highest BCUT2D eigenvalue weighted by molar-refractivity contribution is 5.91. The van der Waals surface area contributed by atoms with Gasteiger partial charge in [0.25, 0.3) is 5.56 Å². The van der Waals surface area contributed by atoms with Crippen LogP contribution in [0.15, 0.2) is 41.3 Å². The van der Waals surface area contributed by atoms with Gasteiger partial charge in [0.1, 0.15) is 5.39 Å². The van der Waals surface area contributed by atoms with Crippen LogP contribution >= 0.6 is 0 Å². The lowest BCUT2D eigenvalue weighted by Crippen LogP contribution is -2.13. The summed E-state index contributed by atoms with van der Waals surface area (Å²) < 4.78 is 1.82. The van der Waals surface area contributed by atoms with Crippen LogP contribution < -0.4 is 10.9 Å². The molecule has 1 aliphatic rings. The van der Waals surface area contributed by atoms with Crippen molar-refractivity contribution in [1.29, 1.82) is 10.5 Å². The van der Waals surface area contributed by atoms with Gasteiger partial charge in [-0.1, -0.05) is 0 Å². The Morgan fingerprint density at radius 3 is 2.69 bits per heavy atom. The van der Waals surface area contributed by atoms with Gasteiger partial charge in [-0.2, -0.15) is 15.6 Å². The van der Waals surface area contributed by atoms with Gasteiger partial charge in [0, 0.05) is 11.9 Å². The molecule has 2 aromatic heterocycles. The summed E-state index contributed by atoms with van der Waals surface area (Å²) in [6.07, 6.45) is 4.12. The van der Waals surface area contributed by atoms with E-state index in [1.165, 1.54) is 0 Å². The Kier molecular flexibility index (Phi) is 3.91. The van der Waals surface area contributed by atoms with E-state index in [2.05, 4.69) is 27.5 Å². The molecule has 2 heterocycles. The van der Waals surface area contributed by atoms with Gasteiger partial charge in [-0.05, 0) is 49.1 Å². The van der Waals surface area contributed by atoms with Crippen molar-refractivity contribution in [3.63, 3.8) is 0 Å². The molecule has 0 amide bonds. The van der Waals surface area contributed by atoms with Gasteiger partial charge >= 0.3 is 0 Å². The minimum atomic E-state index is -0.226. The Balaban J connectivity index is 1.80. The van der Waals surface area contributed by atoms with Crippen LogP contribution in [-0.4, -0.2) is 14.8 Å². The largest absolute Gasteiger partial charge is 0.338 e. The van der Waals surface area contributed by atoms with Crippen LogP contribution in [-0.2, 0) is 0 Å². The van der Waals surface area contributed by atoms with Crippen LogP contribution in [0.2, 0.25) is 0 Å². The minimum Gasteiger partial charge on any atom is -0.338 e. The zero-order valence-corrected chi connectivity index (χ0v) is 13.9. The molecule has 0 spiro atoms. The third-order valence-corrected chi connectivity index (χ3v) is 4.69. The second-order valence-electron chi connectivity index (χ2n) is 6.44. The lowest BCUT2D eigenvalue weighted by molar-refractivity contribution is 0.426. The fraction of sp³-hybridized carbons (Fsp3) is 0.263. The van der Waals surface area contributed by atoms with E-state index in [4.69, 9.17) is 5.26 Å². The first kappa shape index (κ1) is 15.9. The average Bonchev–Trinajstić information content (AvgIpc) is 3.43. The number of anilines is 2. The molecular formula is C19H16N6O. The molecule has 7 heteroatoms. The van der Waals surface area contributed by atoms with E-state index in [9.17, 15) is 10.1 Å². The molecule has 1 saturated carbocycles. The van der Waals surface area contributed by atoms with Gasteiger partial charge in [-0.25, -0.2) is 0 Å². The van der Waals surface area contributed by atoms with Crippen molar-refractivity contribution in [3.05, 3.63) is 52.4 Å². The van der Waals surface area contributed by atoms with Crippen LogP contribution in [0.25, 0.3) is 10.9 Å². The number of hydrogen-bond acceptors (Lipinski definition) is 5. The summed E-state index contributed by atoms with van der Waals surface area (Å²) >= 11 is 0. The lowest BCUT2D eigenvalue weighted by Gasteiger charge is -2.14. The van der Waals surface area contributed by atoms with Gasteiger partial charge in [0.15, 0.2) is 5.82 Å². The van der Waals surface area contributed by atoms with Gasteiger partial charge in [0.2, 0.25) is 0 Å². The third-order valence-electron chi connectivity index (χ3n) is 4.69.